The van der Waals surface area contributed by atoms with E-state index < -0.39 is 17.8 Å². The maximum absolute atomic E-state index is 12.0. The van der Waals surface area contributed by atoms with Crippen LogP contribution in [-0.4, -0.2) is 49.9 Å². The zero-order valence-electron chi connectivity index (χ0n) is 10.8. The Morgan fingerprint density at radius 2 is 1.84 bits per heavy atom. The molecule has 6 heteroatoms. The van der Waals surface area contributed by atoms with Crippen molar-refractivity contribution in [1.82, 2.24) is 4.90 Å². The smallest absolute Gasteiger partial charge is 0.339 e. The van der Waals surface area contributed by atoms with Gasteiger partial charge in [0.05, 0.1) is 18.4 Å². The van der Waals surface area contributed by atoms with Crippen LogP contribution in [0.1, 0.15) is 10.4 Å². The van der Waals surface area contributed by atoms with E-state index in [-0.39, 0.29) is 5.56 Å². The van der Waals surface area contributed by atoms with Gasteiger partial charge in [0.2, 0.25) is 0 Å². The molecule has 2 amide bonds. The van der Waals surface area contributed by atoms with Gasteiger partial charge < -0.3 is 14.5 Å². The highest BCUT2D eigenvalue weighted by atomic mass is 16.5. The first-order valence-corrected chi connectivity index (χ1v) is 5.80. The van der Waals surface area contributed by atoms with E-state index in [0.29, 0.717) is 18.8 Å². The Labute approximate surface area is 110 Å². The molecule has 100 valence electrons. The summed E-state index contributed by atoms with van der Waals surface area (Å²) in [5.41, 5.74) is 0.677. The largest absolute Gasteiger partial charge is 0.465 e. The van der Waals surface area contributed by atoms with Gasteiger partial charge in [0, 0.05) is 20.1 Å². The normalized spacial score (nSPS) is 15.7. The molecule has 19 heavy (non-hydrogen) atoms. The number of amides is 2. The molecule has 0 saturated carbocycles. The number of rotatable bonds is 2. The van der Waals surface area contributed by atoms with Crippen LogP contribution >= 0.6 is 0 Å². The van der Waals surface area contributed by atoms with Crippen molar-refractivity contribution in [2.24, 2.45) is 0 Å². The Hall–Kier alpha value is -2.37. The van der Waals surface area contributed by atoms with Crippen molar-refractivity contribution in [3.05, 3.63) is 29.8 Å². The number of esters is 1. The van der Waals surface area contributed by atoms with Crippen LogP contribution in [0.15, 0.2) is 24.3 Å². The molecule has 1 aromatic carbocycles. The fourth-order valence-corrected chi connectivity index (χ4v) is 1.95. The Morgan fingerprint density at radius 3 is 2.53 bits per heavy atom. The van der Waals surface area contributed by atoms with Crippen LogP contribution in [0.5, 0.6) is 0 Å². The lowest BCUT2D eigenvalue weighted by atomic mass is 10.1. The van der Waals surface area contributed by atoms with E-state index in [4.69, 9.17) is 0 Å². The zero-order valence-corrected chi connectivity index (χ0v) is 10.8. The Balaban J connectivity index is 2.40. The Bertz CT molecular complexity index is 541. The number of hydrogen-bond acceptors (Lipinski definition) is 4. The van der Waals surface area contributed by atoms with E-state index >= 15 is 0 Å². The predicted molar refractivity (Wildman–Crippen MR) is 67.8 cm³/mol. The van der Waals surface area contributed by atoms with Gasteiger partial charge in [-0.05, 0) is 12.1 Å². The summed E-state index contributed by atoms with van der Waals surface area (Å²) in [5.74, 6) is -1.74. The molecule has 0 aromatic heterocycles. The summed E-state index contributed by atoms with van der Waals surface area (Å²) in [5, 5.41) is 0. The lowest BCUT2D eigenvalue weighted by Crippen LogP contribution is -2.53. The standard InChI is InChI=1S/C13H14N2O4/c1-14-7-8-15(12(17)11(14)16)10-6-4-3-5-9(10)13(18)19-2/h3-6H,7-8H2,1-2H3. The van der Waals surface area contributed by atoms with E-state index in [1.54, 1.807) is 31.3 Å². The molecule has 0 radical (unpaired) electrons. The van der Waals surface area contributed by atoms with Crippen molar-refractivity contribution in [2.45, 2.75) is 0 Å². The van der Waals surface area contributed by atoms with Gasteiger partial charge in [-0.1, -0.05) is 12.1 Å². The minimum Gasteiger partial charge on any atom is -0.465 e. The predicted octanol–water partition coefficient (Wildman–Crippen LogP) is 0.278. The summed E-state index contributed by atoms with van der Waals surface area (Å²) >= 11 is 0. The third-order valence-electron chi connectivity index (χ3n) is 3.03. The monoisotopic (exact) mass is 262 g/mol. The van der Waals surface area contributed by atoms with Crippen molar-refractivity contribution < 1.29 is 19.1 Å². The number of carbonyl (C=O) groups is 3. The first kappa shape index (κ1) is 13.1. The fraction of sp³-hybridized carbons (Fsp3) is 0.308. The average molecular weight is 262 g/mol. The van der Waals surface area contributed by atoms with Crippen LogP contribution in [-0.2, 0) is 14.3 Å². The molecular formula is C13H14N2O4. The third kappa shape index (κ3) is 2.29. The second-order valence-corrected chi connectivity index (χ2v) is 4.19. The summed E-state index contributed by atoms with van der Waals surface area (Å²) in [7, 11) is 2.85. The van der Waals surface area contributed by atoms with Gasteiger partial charge >= 0.3 is 17.8 Å². The number of ether oxygens (including phenoxy) is 1. The van der Waals surface area contributed by atoms with Crippen molar-refractivity contribution in [2.75, 3.05) is 32.1 Å². The van der Waals surface area contributed by atoms with Crippen LogP contribution in [0, 0.1) is 0 Å². The number of anilines is 1. The summed E-state index contributed by atoms with van der Waals surface area (Å²) in [6.45, 7) is 0.787. The van der Waals surface area contributed by atoms with E-state index in [1.165, 1.54) is 16.9 Å². The number of para-hydroxylation sites is 1. The lowest BCUT2D eigenvalue weighted by molar-refractivity contribution is -0.145. The number of hydrogen-bond donors (Lipinski definition) is 0. The molecule has 0 aliphatic carbocycles. The molecule has 1 fully saturated rings. The van der Waals surface area contributed by atoms with Crippen LogP contribution in [0.25, 0.3) is 0 Å². The van der Waals surface area contributed by atoms with Crippen molar-refractivity contribution >= 4 is 23.5 Å². The topological polar surface area (TPSA) is 66.9 Å². The SMILES string of the molecule is COC(=O)c1ccccc1N1CCN(C)C(=O)C1=O. The minimum atomic E-state index is -0.634. The van der Waals surface area contributed by atoms with Gasteiger partial charge in [0.15, 0.2) is 0 Å². The van der Waals surface area contributed by atoms with Crippen molar-refractivity contribution in [3.63, 3.8) is 0 Å². The first-order valence-electron chi connectivity index (χ1n) is 5.80. The molecule has 0 N–H and O–H groups in total. The Morgan fingerprint density at radius 1 is 1.16 bits per heavy atom. The zero-order chi connectivity index (χ0) is 14.0. The average Bonchev–Trinajstić information content (AvgIpc) is 2.44. The van der Waals surface area contributed by atoms with E-state index in [1.807, 2.05) is 0 Å². The van der Waals surface area contributed by atoms with E-state index in [9.17, 15) is 14.4 Å². The number of nitrogens with zero attached hydrogens (tertiary/aromatic N) is 2. The van der Waals surface area contributed by atoms with Crippen LogP contribution in [0.4, 0.5) is 5.69 Å². The molecule has 2 rings (SSSR count). The number of likely N-dealkylation sites (N-methyl/N-ethyl adjacent to an activating group) is 1. The molecule has 6 nitrogen and oxygen atoms in total. The second kappa shape index (κ2) is 5.09. The van der Waals surface area contributed by atoms with Gasteiger partial charge in [-0.25, -0.2) is 4.79 Å². The van der Waals surface area contributed by atoms with Gasteiger partial charge in [-0.3, -0.25) is 9.59 Å². The number of carbonyl (C=O) groups excluding carboxylic acids is 3. The van der Waals surface area contributed by atoms with E-state index in [0.717, 1.165) is 0 Å². The van der Waals surface area contributed by atoms with Gasteiger partial charge in [0.25, 0.3) is 0 Å². The maximum Gasteiger partial charge on any atom is 0.339 e. The maximum atomic E-state index is 12.0. The second-order valence-electron chi connectivity index (χ2n) is 4.19. The van der Waals surface area contributed by atoms with Crippen LogP contribution in [0.3, 0.4) is 0 Å². The quantitative estimate of drug-likeness (QED) is 0.567. The Kier molecular flexibility index (Phi) is 3.50. The highest BCUT2D eigenvalue weighted by Crippen LogP contribution is 2.23. The molecule has 0 spiro atoms. The molecule has 0 bridgehead atoms. The lowest BCUT2D eigenvalue weighted by Gasteiger charge is -2.32. The van der Waals surface area contributed by atoms with Gasteiger partial charge in [0.1, 0.15) is 0 Å². The molecule has 1 aromatic rings. The number of benzene rings is 1. The number of methoxy groups -OCH3 is 1. The van der Waals surface area contributed by atoms with Gasteiger partial charge in [-0.2, -0.15) is 0 Å². The molecule has 0 atom stereocenters. The van der Waals surface area contributed by atoms with E-state index in [2.05, 4.69) is 4.74 Å². The number of piperazine rings is 1. The molecule has 1 aliphatic heterocycles. The highest BCUT2D eigenvalue weighted by molar-refractivity contribution is 6.41. The van der Waals surface area contributed by atoms with Crippen molar-refractivity contribution in [1.29, 1.82) is 0 Å². The first-order chi connectivity index (χ1) is 9.06. The summed E-state index contributed by atoms with van der Waals surface area (Å²) in [6, 6.07) is 6.58. The highest BCUT2D eigenvalue weighted by Gasteiger charge is 2.33. The molecule has 1 aliphatic rings. The summed E-state index contributed by atoms with van der Waals surface area (Å²) < 4.78 is 4.68. The molecule has 0 unspecified atom stereocenters. The third-order valence-corrected chi connectivity index (χ3v) is 3.03. The molecule has 1 saturated heterocycles. The van der Waals surface area contributed by atoms with Gasteiger partial charge in [-0.15, -0.1) is 0 Å². The fourth-order valence-electron chi connectivity index (χ4n) is 1.95. The minimum absolute atomic E-state index is 0.274. The van der Waals surface area contributed by atoms with Crippen LogP contribution in [0.2, 0.25) is 0 Å². The summed E-state index contributed by atoms with van der Waals surface area (Å²) in [4.78, 5) is 38.0. The molecule has 1 heterocycles. The van der Waals surface area contributed by atoms with Crippen molar-refractivity contribution in [3.8, 4) is 0 Å². The summed E-state index contributed by atoms with van der Waals surface area (Å²) in [6.07, 6.45) is 0. The van der Waals surface area contributed by atoms with Crippen LogP contribution < -0.4 is 4.90 Å². The molecular weight excluding hydrogens is 248 g/mol.